The number of nitrogens with zero attached hydrogens (tertiary/aromatic N) is 2. The van der Waals surface area contributed by atoms with Gasteiger partial charge in [-0.3, -0.25) is 4.79 Å². The lowest BCUT2D eigenvalue weighted by Gasteiger charge is -2.18. The smallest absolute Gasteiger partial charge is 0.342 e. The van der Waals surface area contributed by atoms with Crippen LogP contribution in [0.15, 0.2) is 42.6 Å². The molecule has 3 rings (SSSR count). The monoisotopic (exact) mass is 405 g/mol. The van der Waals surface area contributed by atoms with Gasteiger partial charge >= 0.3 is 6.18 Å². The number of hydrogen-bond acceptors (Lipinski definition) is 3. The molecule has 0 aliphatic heterocycles. The van der Waals surface area contributed by atoms with E-state index in [1.807, 2.05) is 19.9 Å². The molecule has 0 aliphatic rings. The van der Waals surface area contributed by atoms with Crippen molar-refractivity contribution in [3.8, 4) is 0 Å². The van der Waals surface area contributed by atoms with Crippen LogP contribution >= 0.6 is 0 Å². The van der Waals surface area contributed by atoms with Crippen molar-refractivity contribution < 1.29 is 22.4 Å². The predicted molar refractivity (Wildman–Crippen MR) is 104 cm³/mol. The molecular formula is C21H19F4N3O. The van der Waals surface area contributed by atoms with Gasteiger partial charge in [0.25, 0.3) is 5.91 Å². The van der Waals surface area contributed by atoms with E-state index in [1.54, 1.807) is 24.1 Å². The minimum absolute atomic E-state index is 0.0405. The van der Waals surface area contributed by atoms with E-state index in [9.17, 15) is 22.4 Å². The molecule has 1 N–H and O–H groups in total. The maximum atomic E-state index is 13.6. The van der Waals surface area contributed by atoms with E-state index < -0.39 is 17.6 Å². The molecule has 0 radical (unpaired) electrons. The molecule has 0 spiro atoms. The van der Waals surface area contributed by atoms with Gasteiger partial charge in [-0.05, 0) is 37.6 Å². The van der Waals surface area contributed by atoms with Crippen molar-refractivity contribution in [2.75, 3.05) is 18.9 Å². The Balaban J connectivity index is 2.11. The Morgan fingerprint density at radius 1 is 1.21 bits per heavy atom. The highest BCUT2D eigenvalue weighted by molar-refractivity contribution is 6.10. The van der Waals surface area contributed by atoms with Crippen molar-refractivity contribution in [2.24, 2.45) is 0 Å². The van der Waals surface area contributed by atoms with Crippen molar-refractivity contribution in [2.45, 2.75) is 20.0 Å². The Bertz CT molecular complexity index is 1080. The lowest BCUT2D eigenvalue weighted by atomic mass is 10.0. The normalized spacial score (nSPS) is 11.6. The molecule has 8 heteroatoms. The van der Waals surface area contributed by atoms with Gasteiger partial charge in [0, 0.05) is 36.2 Å². The molecule has 152 valence electrons. The van der Waals surface area contributed by atoms with Crippen LogP contribution in [-0.4, -0.2) is 29.4 Å². The summed E-state index contributed by atoms with van der Waals surface area (Å²) in [6.45, 7) is 4.21. The van der Waals surface area contributed by atoms with Gasteiger partial charge in [-0.2, -0.15) is 13.2 Å². The van der Waals surface area contributed by atoms with Crippen molar-refractivity contribution >= 4 is 28.2 Å². The molecular weight excluding hydrogens is 386 g/mol. The van der Waals surface area contributed by atoms with Gasteiger partial charge in [0.2, 0.25) is 0 Å². The summed E-state index contributed by atoms with van der Waals surface area (Å²) in [5, 5.41) is 4.06. The summed E-state index contributed by atoms with van der Waals surface area (Å²) in [4.78, 5) is 18.5. The predicted octanol–water partition coefficient (Wildman–Crippen LogP) is 5.54. The van der Waals surface area contributed by atoms with E-state index in [0.29, 0.717) is 28.9 Å². The summed E-state index contributed by atoms with van der Waals surface area (Å²) < 4.78 is 52.6. The molecule has 0 unspecified atom stereocenters. The lowest BCUT2D eigenvalue weighted by molar-refractivity contribution is -0.139. The fourth-order valence-corrected chi connectivity index (χ4v) is 3.05. The van der Waals surface area contributed by atoms with Gasteiger partial charge in [-0.15, -0.1) is 0 Å². The zero-order valence-electron chi connectivity index (χ0n) is 16.1. The largest absolute Gasteiger partial charge is 0.419 e. The van der Waals surface area contributed by atoms with E-state index >= 15 is 0 Å². The third-order valence-corrected chi connectivity index (χ3v) is 4.71. The van der Waals surface area contributed by atoms with Gasteiger partial charge in [0.15, 0.2) is 0 Å². The van der Waals surface area contributed by atoms with Crippen molar-refractivity contribution in [1.29, 1.82) is 0 Å². The first-order chi connectivity index (χ1) is 13.6. The Hall–Kier alpha value is -3.16. The van der Waals surface area contributed by atoms with Crippen LogP contribution in [0.3, 0.4) is 0 Å². The molecule has 0 bridgehead atoms. The van der Waals surface area contributed by atoms with E-state index in [4.69, 9.17) is 0 Å². The summed E-state index contributed by atoms with van der Waals surface area (Å²) in [6, 6.07) is 8.00. The van der Waals surface area contributed by atoms with Crippen LogP contribution in [0.2, 0.25) is 0 Å². The first kappa shape index (κ1) is 20.6. The van der Waals surface area contributed by atoms with Crippen molar-refractivity contribution in [1.82, 2.24) is 9.88 Å². The number of aromatic nitrogens is 1. The number of alkyl halides is 3. The number of fused-ring (bicyclic) bond motifs is 1. The third-order valence-electron chi connectivity index (χ3n) is 4.71. The second-order valence-electron chi connectivity index (χ2n) is 6.65. The molecule has 0 saturated carbocycles. The molecule has 0 atom stereocenters. The standard InChI is InChI=1S/C21H19F4N3O/c1-4-28(3)20(29)15-11-26-19(14-7-5-6-12(2)18(14)15)27-13-8-9-17(22)16(10-13)21(23,24)25/h5-11H,4H2,1-3H3,(H,26,27). The quantitative estimate of drug-likeness (QED) is 0.580. The number of pyridine rings is 1. The highest BCUT2D eigenvalue weighted by Crippen LogP contribution is 2.35. The van der Waals surface area contributed by atoms with Gasteiger partial charge in [-0.1, -0.05) is 18.2 Å². The molecule has 4 nitrogen and oxygen atoms in total. The molecule has 0 fully saturated rings. The van der Waals surface area contributed by atoms with Crippen LogP contribution in [0.25, 0.3) is 10.8 Å². The first-order valence-corrected chi connectivity index (χ1v) is 8.91. The highest BCUT2D eigenvalue weighted by Gasteiger charge is 2.34. The number of halogens is 4. The number of rotatable bonds is 4. The van der Waals surface area contributed by atoms with Crippen LogP contribution in [0, 0.1) is 12.7 Å². The average molecular weight is 405 g/mol. The Kier molecular flexibility index (Phi) is 5.46. The Morgan fingerprint density at radius 3 is 2.59 bits per heavy atom. The number of carbonyl (C=O) groups excluding carboxylic acids is 1. The number of aryl methyl sites for hydroxylation is 1. The lowest BCUT2D eigenvalue weighted by Crippen LogP contribution is -2.26. The molecule has 29 heavy (non-hydrogen) atoms. The van der Waals surface area contributed by atoms with E-state index in [2.05, 4.69) is 10.3 Å². The molecule has 0 saturated heterocycles. The molecule has 0 aliphatic carbocycles. The average Bonchev–Trinajstić information content (AvgIpc) is 2.68. The topological polar surface area (TPSA) is 45.2 Å². The number of carbonyl (C=O) groups is 1. The first-order valence-electron chi connectivity index (χ1n) is 8.91. The maximum absolute atomic E-state index is 13.6. The number of nitrogens with one attached hydrogen (secondary N) is 1. The minimum Gasteiger partial charge on any atom is -0.342 e. The molecule has 2 aromatic carbocycles. The highest BCUT2D eigenvalue weighted by atomic mass is 19.4. The Morgan fingerprint density at radius 2 is 1.93 bits per heavy atom. The fourth-order valence-electron chi connectivity index (χ4n) is 3.05. The SMILES string of the molecule is CCN(C)C(=O)c1cnc(Nc2ccc(F)c(C(F)(F)F)c2)c2cccc(C)c12. The van der Waals surface area contributed by atoms with Gasteiger partial charge in [-0.25, -0.2) is 9.37 Å². The van der Waals surface area contributed by atoms with Crippen LogP contribution in [0.4, 0.5) is 29.1 Å². The second-order valence-corrected chi connectivity index (χ2v) is 6.65. The van der Waals surface area contributed by atoms with Crippen molar-refractivity contribution in [3.05, 3.63) is 65.1 Å². The number of hydrogen-bond donors (Lipinski definition) is 1. The second kappa shape index (κ2) is 7.69. The van der Waals surface area contributed by atoms with Crippen LogP contribution in [-0.2, 0) is 6.18 Å². The van der Waals surface area contributed by atoms with Crippen LogP contribution in [0.5, 0.6) is 0 Å². The van der Waals surface area contributed by atoms with Crippen LogP contribution < -0.4 is 5.32 Å². The molecule has 1 heterocycles. The summed E-state index contributed by atoms with van der Waals surface area (Å²) in [6.07, 6.45) is -3.41. The number of amides is 1. The zero-order valence-corrected chi connectivity index (χ0v) is 16.1. The summed E-state index contributed by atoms with van der Waals surface area (Å²) in [7, 11) is 1.68. The number of anilines is 2. The van der Waals surface area contributed by atoms with E-state index in [1.165, 1.54) is 12.3 Å². The summed E-state index contributed by atoms with van der Waals surface area (Å²) in [5.74, 6) is -1.27. The zero-order chi connectivity index (χ0) is 21.3. The van der Waals surface area contributed by atoms with Crippen molar-refractivity contribution in [3.63, 3.8) is 0 Å². The van der Waals surface area contributed by atoms with Gasteiger partial charge in [0.1, 0.15) is 11.6 Å². The molecule has 3 aromatic rings. The fraction of sp³-hybridized carbons (Fsp3) is 0.238. The molecule has 1 amide bonds. The minimum atomic E-state index is -4.81. The van der Waals surface area contributed by atoms with Gasteiger partial charge < -0.3 is 10.2 Å². The van der Waals surface area contributed by atoms with E-state index in [-0.39, 0.29) is 17.4 Å². The summed E-state index contributed by atoms with van der Waals surface area (Å²) >= 11 is 0. The molecule has 1 aromatic heterocycles. The van der Waals surface area contributed by atoms with E-state index in [0.717, 1.165) is 11.6 Å². The van der Waals surface area contributed by atoms with Gasteiger partial charge in [0.05, 0.1) is 11.1 Å². The summed E-state index contributed by atoms with van der Waals surface area (Å²) in [5.41, 5.74) is -0.0860. The third kappa shape index (κ3) is 4.01. The number of benzene rings is 2. The maximum Gasteiger partial charge on any atom is 0.419 e. The van der Waals surface area contributed by atoms with Crippen LogP contribution in [0.1, 0.15) is 28.4 Å². The Labute approximate surface area is 165 Å².